The molecule has 146 valence electrons. The van der Waals surface area contributed by atoms with Crippen molar-refractivity contribution in [3.05, 3.63) is 79.3 Å². The molecule has 0 aliphatic rings. The van der Waals surface area contributed by atoms with Gasteiger partial charge in [0.15, 0.2) is 5.82 Å². The normalized spacial score (nSPS) is 11.3. The maximum Gasteiger partial charge on any atom is 0.310 e. The molecule has 0 atom stereocenters. The largest absolute Gasteiger partial charge is 0.361 e. The first-order valence-electron chi connectivity index (χ1n) is 9.00. The minimum atomic E-state index is -3.72. The summed E-state index contributed by atoms with van der Waals surface area (Å²) in [6.45, 7) is 1.52. The van der Waals surface area contributed by atoms with Crippen LogP contribution in [-0.4, -0.2) is 33.9 Å². The number of hydrogen-bond donors (Lipinski definition) is 0. The van der Waals surface area contributed by atoms with Crippen molar-refractivity contribution in [2.45, 2.75) is 6.92 Å². The Hall–Kier alpha value is -3.52. The molecule has 3 aromatic heterocycles. The van der Waals surface area contributed by atoms with Gasteiger partial charge in [-0.05, 0) is 36.8 Å². The van der Waals surface area contributed by atoms with Crippen LogP contribution in [0.25, 0.3) is 28.2 Å². The highest BCUT2D eigenvalue weighted by Gasteiger charge is 2.19. The van der Waals surface area contributed by atoms with Gasteiger partial charge in [-0.1, -0.05) is 30.3 Å². The third-order valence-corrected chi connectivity index (χ3v) is 5.39. The Labute approximate surface area is 168 Å². The van der Waals surface area contributed by atoms with E-state index in [2.05, 4.69) is 15.1 Å². The Morgan fingerprint density at radius 1 is 0.931 bits per heavy atom. The summed E-state index contributed by atoms with van der Waals surface area (Å²) in [4.78, 5) is 8.41. The highest BCUT2D eigenvalue weighted by atomic mass is 32.2. The molecule has 29 heavy (non-hydrogen) atoms. The molecule has 7 nitrogen and oxygen atoms in total. The van der Waals surface area contributed by atoms with Crippen LogP contribution in [0.4, 0.5) is 0 Å². The van der Waals surface area contributed by atoms with Crippen LogP contribution in [0.2, 0.25) is 0 Å². The topological polar surface area (TPSA) is 87.0 Å². The Balaban J connectivity index is 1.80. The van der Waals surface area contributed by atoms with Crippen molar-refractivity contribution in [3.8, 4) is 34.1 Å². The van der Waals surface area contributed by atoms with Gasteiger partial charge in [-0.3, -0.25) is 4.98 Å². The molecule has 0 aliphatic heterocycles. The van der Waals surface area contributed by atoms with Gasteiger partial charge >= 0.3 is 10.1 Å². The van der Waals surface area contributed by atoms with E-state index >= 15 is 0 Å². The smallest absolute Gasteiger partial charge is 0.310 e. The van der Waals surface area contributed by atoms with E-state index in [4.69, 9.17) is 4.18 Å². The highest BCUT2D eigenvalue weighted by Crippen LogP contribution is 2.29. The van der Waals surface area contributed by atoms with E-state index in [0.717, 1.165) is 16.7 Å². The van der Waals surface area contributed by atoms with E-state index in [9.17, 15) is 8.42 Å². The lowest BCUT2D eigenvalue weighted by molar-refractivity contribution is 0.465. The van der Waals surface area contributed by atoms with Crippen molar-refractivity contribution in [1.29, 1.82) is 0 Å². The van der Waals surface area contributed by atoms with Crippen LogP contribution in [-0.2, 0) is 10.1 Å². The summed E-state index contributed by atoms with van der Waals surface area (Å²) < 4.78 is 30.8. The Morgan fingerprint density at radius 3 is 2.48 bits per heavy atom. The quantitative estimate of drug-likeness (QED) is 0.454. The SMILES string of the molecule is CCS(=O)(=O)Oc1cc(-c2cccc(-c3cccnc3)c2)nn1-c1ccccn1. The van der Waals surface area contributed by atoms with Crippen molar-refractivity contribution in [2.24, 2.45) is 0 Å². The molecule has 0 fully saturated rings. The monoisotopic (exact) mass is 406 g/mol. The Morgan fingerprint density at radius 2 is 1.76 bits per heavy atom. The fraction of sp³-hybridized carbons (Fsp3) is 0.0952. The first-order chi connectivity index (χ1) is 14.1. The predicted molar refractivity (Wildman–Crippen MR) is 110 cm³/mol. The van der Waals surface area contributed by atoms with Gasteiger partial charge < -0.3 is 4.18 Å². The molecule has 0 aliphatic carbocycles. The van der Waals surface area contributed by atoms with Crippen LogP contribution >= 0.6 is 0 Å². The van der Waals surface area contributed by atoms with Crippen LogP contribution in [0.15, 0.2) is 79.3 Å². The number of pyridine rings is 2. The molecule has 0 amide bonds. The van der Waals surface area contributed by atoms with Crippen molar-refractivity contribution < 1.29 is 12.6 Å². The third kappa shape index (κ3) is 4.17. The van der Waals surface area contributed by atoms with Crippen LogP contribution in [0.5, 0.6) is 5.88 Å². The molecule has 1 aromatic carbocycles. The maximum atomic E-state index is 12.0. The van der Waals surface area contributed by atoms with Gasteiger partial charge in [0, 0.05) is 35.8 Å². The molecule has 4 rings (SSSR count). The molecule has 4 aromatic rings. The molecule has 0 radical (unpaired) electrons. The molecule has 0 unspecified atom stereocenters. The van der Waals surface area contributed by atoms with E-state index in [1.165, 1.54) is 11.6 Å². The zero-order valence-corrected chi connectivity index (χ0v) is 16.5. The summed E-state index contributed by atoms with van der Waals surface area (Å²) >= 11 is 0. The standard InChI is InChI=1S/C21H18N4O3S/c1-2-29(26,27)28-21-14-19(24-25(21)20-10-3-4-12-23-20)17-8-5-7-16(13-17)18-9-6-11-22-15-18/h3-15H,2H2,1H3. The first-order valence-corrected chi connectivity index (χ1v) is 10.6. The number of rotatable bonds is 6. The van der Waals surface area contributed by atoms with Crippen molar-refractivity contribution in [2.75, 3.05) is 5.75 Å². The second-order valence-corrected chi connectivity index (χ2v) is 8.08. The molecule has 0 spiro atoms. The van der Waals surface area contributed by atoms with Gasteiger partial charge in [0.05, 0.1) is 11.4 Å². The van der Waals surface area contributed by atoms with Gasteiger partial charge in [-0.2, -0.15) is 18.2 Å². The Bertz CT molecular complexity index is 1220. The minimum Gasteiger partial charge on any atom is -0.361 e. The van der Waals surface area contributed by atoms with E-state index in [1.54, 1.807) is 42.9 Å². The lowest BCUT2D eigenvalue weighted by atomic mass is 10.0. The van der Waals surface area contributed by atoms with E-state index in [0.29, 0.717) is 11.5 Å². The van der Waals surface area contributed by atoms with Gasteiger partial charge in [0.1, 0.15) is 0 Å². The lowest BCUT2D eigenvalue weighted by Gasteiger charge is -2.07. The molecular formula is C21H18N4O3S. The number of benzene rings is 1. The summed E-state index contributed by atoms with van der Waals surface area (Å²) in [5.41, 5.74) is 3.35. The van der Waals surface area contributed by atoms with Crippen molar-refractivity contribution >= 4 is 10.1 Å². The van der Waals surface area contributed by atoms with Gasteiger partial charge in [-0.25, -0.2) is 4.98 Å². The van der Waals surface area contributed by atoms with Crippen LogP contribution in [0.3, 0.4) is 0 Å². The number of nitrogens with zero attached hydrogens (tertiary/aromatic N) is 4. The van der Waals surface area contributed by atoms with Gasteiger partial charge in [0.2, 0.25) is 5.88 Å². The van der Waals surface area contributed by atoms with E-state index < -0.39 is 10.1 Å². The molecule has 8 heteroatoms. The van der Waals surface area contributed by atoms with Crippen molar-refractivity contribution in [3.63, 3.8) is 0 Å². The molecule has 0 bridgehead atoms. The van der Waals surface area contributed by atoms with E-state index in [1.807, 2.05) is 36.4 Å². The van der Waals surface area contributed by atoms with Crippen LogP contribution < -0.4 is 4.18 Å². The molecule has 0 saturated carbocycles. The summed E-state index contributed by atoms with van der Waals surface area (Å²) in [5, 5.41) is 4.55. The fourth-order valence-electron chi connectivity index (χ4n) is 2.79. The second-order valence-electron chi connectivity index (χ2n) is 6.22. The molecule has 0 saturated heterocycles. The van der Waals surface area contributed by atoms with Crippen molar-refractivity contribution in [1.82, 2.24) is 19.7 Å². The zero-order valence-electron chi connectivity index (χ0n) is 15.6. The second kappa shape index (κ2) is 7.84. The first kappa shape index (κ1) is 18.8. The zero-order chi connectivity index (χ0) is 20.3. The fourth-order valence-corrected chi connectivity index (χ4v) is 3.28. The van der Waals surface area contributed by atoms with E-state index in [-0.39, 0.29) is 11.6 Å². The van der Waals surface area contributed by atoms with Crippen LogP contribution in [0, 0.1) is 0 Å². The average molecular weight is 406 g/mol. The summed E-state index contributed by atoms with van der Waals surface area (Å²) in [6, 6.07) is 18.5. The summed E-state index contributed by atoms with van der Waals surface area (Å²) in [5.74, 6) is 0.405. The lowest BCUT2D eigenvalue weighted by Crippen LogP contribution is -2.14. The molecular weight excluding hydrogens is 388 g/mol. The van der Waals surface area contributed by atoms with Gasteiger partial charge in [-0.15, -0.1) is 0 Å². The van der Waals surface area contributed by atoms with Crippen LogP contribution in [0.1, 0.15) is 6.92 Å². The number of hydrogen-bond acceptors (Lipinski definition) is 6. The average Bonchev–Trinajstić information content (AvgIpc) is 3.18. The highest BCUT2D eigenvalue weighted by molar-refractivity contribution is 7.87. The molecule has 0 N–H and O–H groups in total. The molecule has 3 heterocycles. The third-order valence-electron chi connectivity index (χ3n) is 4.26. The summed E-state index contributed by atoms with van der Waals surface area (Å²) in [6.07, 6.45) is 5.12. The maximum absolute atomic E-state index is 12.0. The Kier molecular flexibility index (Phi) is 5.09. The van der Waals surface area contributed by atoms with Gasteiger partial charge in [0.25, 0.3) is 0 Å². The summed E-state index contributed by atoms with van der Waals surface area (Å²) in [7, 11) is -3.72. The predicted octanol–water partition coefficient (Wildman–Crippen LogP) is 3.72. The number of aromatic nitrogens is 4. The minimum absolute atomic E-state index is 0.0901.